The second kappa shape index (κ2) is 5.47. The fourth-order valence-electron chi connectivity index (χ4n) is 1.80. The molecule has 2 aromatic rings. The Morgan fingerprint density at radius 2 is 2.22 bits per heavy atom. The third-order valence-electron chi connectivity index (χ3n) is 2.80. The number of aromatic nitrogens is 1. The monoisotopic (exact) mass is 328 g/mol. The van der Waals surface area contributed by atoms with Crippen LogP contribution in [0.2, 0.25) is 0 Å². The van der Waals surface area contributed by atoms with Crippen molar-refractivity contribution in [2.24, 2.45) is 5.73 Å². The average molecular weight is 329 g/mol. The molecule has 0 radical (unpaired) electrons. The number of thiazole rings is 1. The van der Waals surface area contributed by atoms with Gasteiger partial charge in [-0.3, -0.25) is 0 Å². The van der Waals surface area contributed by atoms with Gasteiger partial charge < -0.3 is 5.73 Å². The van der Waals surface area contributed by atoms with E-state index in [-0.39, 0.29) is 11.9 Å². The van der Waals surface area contributed by atoms with Crippen LogP contribution in [0.5, 0.6) is 0 Å². The van der Waals surface area contributed by atoms with Crippen molar-refractivity contribution >= 4 is 27.3 Å². The van der Waals surface area contributed by atoms with E-state index in [1.165, 1.54) is 17.0 Å². The van der Waals surface area contributed by atoms with Crippen LogP contribution in [0.25, 0.3) is 0 Å². The highest BCUT2D eigenvalue weighted by molar-refractivity contribution is 9.10. The van der Waals surface area contributed by atoms with Gasteiger partial charge in [0.15, 0.2) is 0 Å². The Hall–Kier alpha value is -0.780. The van der Waals surface area contributed by atoms with E-state index in [0.29, 0.717) is 0 Å². The van der Waals surface area contributed by atoms with E-state index in [2.05, 4.69) is 27.8 Å². The molecule has 2 rings (SSSR count). The van der Waals surface area contributed by atoms with Crippen LogP contribution < -0.4 is 5.73 Å². The van der Waals surface area contributed by atoms with Crippen molar-refractivity contribution in [3.8, 4) is 0 Å². The minimum absolute atomic E-state index is 0.285. The molecular weight excluding hydrogens is 315 g/mol. The highest BCUT2D eigenvalue weighted by Gasteiger charge is 2.18. The highest BCUT2D eigenvalue weighted by atomic mass is 79.9. The molecule has 1 atom stereocenters. The molecule has 1 unspecified atom stereocenters. The van der Waals surface area contributed by atoms with Crippen LogP contribution in [0.1, 0.15) is 34.1 Å². The van der Waals surface area contributed by atoms with Gasteiger partial charge in [0.25, 0.3) is 0 Å². The first-order chi connectivity index (χ1) is 8.52. The van der Waals surface area contributed by atoms with Crippen molar-refractivity contribution in [2.45, 2.75) is 26.3 Å². The molecule has 0 spiro atoms. The van der Waals surface area contributed by atoms with E-state index in [4.69, 9.17) is 5.73 Å². The van der Waals surface area contributed by atoms with E-state index >= 15 is 0 Å². The lowest BCUT2D eigenvalue weighted by molar-refractivity contribution is 0.623. The summed E-state index contributed by atoms with van der Waals surface area (Å²) in [6.07, 6.45) is 0.888. The van der Waals surface area contributed by atoms with E-state index in [1.807, 2.05) is 6.92 Å². The van der Waals surface area contributed by atoms with Gasteiger partial charge in [0.1, 0.15) is 10.8 Å². The summed E-state index contributed by atoms with van der Waals surface area (Å²) in [6.45, 7) is 4.10. The van der Waals surface area contributed by atoms with Crippen molar-refractivity contribution in [3.63, 3.8) is 0 Å². The van der Waals surface area contributed by atoms with Crippen LogP contribution in [-0.2, 0) is 6.42 Å². The van der Waals surface area contributed by atoms with Crippen molar-refractivity contribution in [2.75, 3.05) is 0 Å². The Morgan fingerprint density at radius 1 is 1.50 bits per heavy atom. The largest absolute Gasteiger partial charge is 0.318 e. The number of hydrogen-bond acceptors (Lipinski definition) is 3. The number of nitrogens with two attached hydrogens (primary N) is 1. The number of halogens is 2. The second-order valence-electron chi connectivity index (χ2n) is 4.05. The van der Waals surface area contributed by atoms with E-state index in [9.17, 15) is 4.39 Å². The number of nitrogens with zero attached hydrogens (tertiary/aromatic N) is 1. The topological polar surface area (TPSA) is 38.9 Å². The molecular formula is C13H14BrFN2S. The van der Waals surface area contributed by atoms with E-state index < -0.39 is 0 Å². The minimum atomic E-state index is -0.390. The fourth-order valence-corrected chi connectivity index (χ4v) is 3.32. The summed E-state index contributed by atoms with van der Waals surface area (Å²) in [7, 11) is 0. The third-order valence-corrected chi connectivity index (χ3v) is 4.62. The molecule has 0 aliphatic rings. The summed E-state index contributed by atoms with van der Waals surface area (Å²) in [5.41, 5.74) is 7.97. The molecule has 2 nitrogen and oxygen atoms in total. The first kappa shape index (κ1) is 13.6. The van der Waals surface area contributed by atoms with E-state index in [0.717, 1.165) is 27.2 Å². The lowest BCUT2D eigenvalue weighted by Gasteiger charge is -2.11. The van der Waals surface area contributed by atoms with Gasteiger partial charge >= 0.3 is 0 Å². The summed E-state index contributed by atoms with van der Waals surface area (Å²) in [5, 5.41) is 0.829. The minimum Gasteiger partial charge on any atom is -0.318 e. The van der Waals surface area contributed by atoms with Gasteiger partial charge in [-0.25, -0.2) is 9.37 Å². The second-order valence-corrected chi connectivity index (χ2v) is 6.14. The van der Waals surface area contributed by atoms with Gasteiger partial charge in [0, 0.05) is 9.35 Å². The molecule has 1 aromatic carbocycles. The maximum absolute atomic E-state index is 13.3. The van der Waals surface area contributed by atoms with Gasteiger partial charge in [-0.05, 0) is 37.1 Å². The molecule has 1 heterocycles. The van der Waals surface area contributed by atoms with Crippen LogP contribution in [0.3, 0.4) is 0 Å². The maximum atomic E-state index is 13.3. The first-order valence-electron chi connectivity index (χ1n) is 5.69. The molecule has 0 fully saturated rings. The Kier molecular flexibility index (Phi) is 4.14. The predicted molar refractivity (Wildman–Crippen MR) is 76.4 cm³/mol. The molecule has 5 heteroatoms. The summed E-state index contributed by atoms with van der Waals surface area (Å²) in [4.78, 5) is 5.70. The Labute approximate surface area is 118 Å². The third kappa shape index (κ3) is 2.63. The summed E-state index contributed by atoms with van der Waals surface area (Å²) in [5.74, 6) is -0.285. The molecule has 18 heavy (non-hydrogen) atoms. The Balaban J connectivity index is 2.40. The van der Waals surface area contributed by atoms with Crippen LogP contribution in [0, 0.1) is 12.7 Å². The SMILES string of the molecule is CCc1nc(C(N)c2cc(F)ccc2Br)sc1C. The average Bonchev–Trinajstić information content (AvgIpc) is 2.73. The zero-order valence-corrected chi connectivity index (χ0v) is 12.6. The molecule has 0 aliphatic carbocycles. The molecule has 1 aromatic heterocycles. The maximum Gasteiger partial charge on any atom is 0.123 e. The molecule has 96 valence electrons. The molecule has 0 bridgehead atoms. The van der Waals surface area contributed by atoms with Crippen LogP contribution >= 0.6 is 27.3 Å². The van der Waals surface area contributed by atoms with Gasteiger partial charge in [0.2, 0.25) is 0 Å². The van der Waals surface area contributed by atoms with Gasteiger partial charge in [-0.2, -0.15) is 0 Å². The van der Waals surface area contributed by atoms with Crippen molar-refractivity contribution < 1.29 is 4.39 Å². The normalized spacial score (nSPS) is 12.7. The van der Waals surface area contributed by atoms with Gasteiger partial charge in [0.05, 0.1) is 11.7 Å². The summed E-state index contributed by atoms with van der Waals surface area (Å²) in [6, 6.07) is 4.15. The highest BCUT2D eigenvalue weighted by Crippen LogP contribution is 2.31. The van der Waals surface area contributed by atoms with Crippen LogP contribution in [0.4, 0.5) is 4.39 Å². The van der Waals surface area contributed by atoms with Crippen molar-refractivity contribution in [1.82, 2.24) is 4.98 Å². The lowest BCUT2D eigenvalue weighted by Crippen LogP contribution is -2.12. The Bertz CT molecular complexity index is 568. The first-order valence-corrected chi connectivity index (χ1v) is 7.30. The molecule has 0 saturated heterocycles. The van der Waals surface area contributed by atoms with Crippen molar-refractivity contribution in [3.05, 3.63) is 49.6 Å². The summed E-state index contributed by atoms with van der Waals surface area (Å²) >= 11 is 4.98. The smallest absolute Gasteiger partial charge is 0.123 e. The number of benzene rings is 1. The number of rotatable bonds is 3. The quantitative estimate of drug-likeness (QED) is 0.926. The number of hydrogen-bond donors (Lipinski definition) is 1. The lowest BCUT2D eigenvalue weighted by atomic mass is 10.1. The van der Waals surface area contributed by atoms with Crippen molar-refractivity contribution in [1.29, 1.82) is 0 Å². The predicted octanol–water partition coefficient (Wildman–Crippen LogP) is 3.96. The molecule has 0 aliphatic heterocycles. The fraction of sp³-hybridized carbons (Fsp3) is 0.308. The van der Waals surface area contributed by atoms with Crippen LogP contribution in [0.15, 0.2) is 22.7 Å². The Morgan fingerprint density at radius 3 is 2.83 bits per heavy atom. The zero-order chi connectivity index (χ0) is 13.3. The van der Waals surface area contributed by atoms with Gasteiger partial charge in [-0.15, -0.1) is 11.3 Å². The number of aryl methyl sites for hydroxylation is 2. The van der Waals surface area contributed by atoms with E-state index in [1.54, 1.807) is 17.4 Å². The molecule has 0 saturated carbocycles. The zero-order valence-electron chi connectivity index (χ0n) is 10.2. The molecule has 2 N–H and O–H groups in total. The standard InChI is InChI=1S/C13H14BrFN2S/c1-3-11-7(2)18-13(17-11)12(16)9-6-8(15)4-5-10(9)14/h4-6,12H,3,16H2,1-2H3. The van der Waals surface area contributed by atoms with Gasteiger partial charge in [-0.1, -0.05) is 22.9 Å². The summed E-state index contributed by atoms with van der Waals surface area (Å²) < 4.78 is 14.1. The molecule has 0 amide bonds. The van der Waals surface area contributed by atoms with Crippen LogP contribution in [-0.4, -0.2) is 4.98 Å².